The van der Waals surface area contributed by atoms with Gasteiger partial charge in [0.25, 0.3) is 5.91 Å². The second kappa shape index (κ2) is 11.7. The lowest BCUT2D eigenvalue weighted by atomic mass is 10.00. The number of hydrogen-bond acceptors (Lipinski definition) is 6. The summed E-state index contributed by atoms with van der Waals surface area (Å²) in [6.45, 7) is 4.73. The van der Waals surface area contributed by atoms with Crippen LogP contribution in [0.5, 0.6) is 0 Å². The van der Waals surface area contributed by atoms with E-state index in [0.717, 1.165) is 5.56 Å². The quantitative estimate of drug-likeness (QED) is 0.485. The van der Waals surface area contributed by atoms with Gasteiger partial charge in [-0.3, -0.25) is 4.79 Å². The van der Waals surface area contributed by atoms with Gasteiger partial charge in [-0.2, -0.15) is 0 Å². The predicted octanol–water partition coefficient (Wildman–Crippen LogP) is 0.553. The molecule has 1 amide bonds. The van der Waals surface area contributed by atoms with Crippen LogP contribution in [0.25, 0.3) is 0 Å². The molecule has 0 aliphatic heterocycles. The fourth-order valence-corrected chi connectivity index (χ4v) is 2.56. The van der Waals surface area contributed by atoms with Crippen molar-refractivity contribution in [2.75, 3.05) is 27.2 Å². The van der Waals surface area contributed by atoms with E-state index in [2.05, 4.69) is 5.32 Å². The lowest BCUT2D eigenvalue weighted by Crippen LogP contribution is -2.52. The van der Waals surface area contributed by atoms with Crippen molar-refractivity contribution in [3.8, 4) is 0 Å². The van der Waals surface area contributed by atoms with Crippen molar-refractivity contribution in [3.63, 3.8) is 0 Å². The lowest BCUT2D eigenvalue weighted by Gasteiger charge is -2.23. The molecule has 1 aromatic carbocycles. The molecule has 7 heteroatoms. The topological polar surface area (TPSA) is 105 Å². The van der Waals surface area contributed by atoms with E-state index in [-0.39, 0.29) is 12.5 Å². The minimum absolute atomic E-state index is 0.173. The molecule has 27 heavy (non-hydrogen) atoms. The van der Waals surface area contributed by atoms with Gasteiger partial charge in [0.2, 0.25) is 0 Å². The van der Waals surface area contributed by atoms with E-state index in [1.165, 1.54) is 0 Å². The van der Waals surface area contributed by atoms with Crippen LogP contribution in [0.1, 0.15) is 25.8 Å². The zero-order valence-corrected chi connectivity index (χ0v) is 16.7. The molecule has 0 bridgehead atoms. The van der Waals surface area contributed by atoms with Gasteiger partial charge in [0, 0.05) is 12.6 Å². The summed E-state index contributed by atoms with van der Waals surface area (Å²) in [6, 6.07) is 7.82. The van der Waals surface area contributed by atoms with Gasteiger partial charge in [0.1, 0.15) is 18.8 Å². The average molecular weight is 380 g/mol. The molecule has 3 atom stereocenters. The van der Waals surface area contributed by atoms with E-state index in [0.29, 0.717) is 19.4 Å². The average Bonchev–Trinajstić information content (AvgIpc) is 2.60. The zero-order valence-electron chi connectivity index (χ0n) is 16.7. The van der Waals surface area contributed by atoms with E-state index >= 15 is 0 Å². The van der Waals surface area contributed by atoms with Crippen LogP contribution in [0.4, 0.5) is 0 Å². The Morgan fingerprint density at radius 1 is 1.22 bits per heavy atom. The Kier molecular flexibility index (Phi) is 9.99. The standard InChI is InChI=1S/C20H33N3O4/c1-14(2)12-17(20(26)27-11-10-23(3)4)22-19(25)18(24)16(21)13-15-8-6-5-7-9-15/h5-9,14,16-18,24H,10-13,21H2,1-4H3,(H,22,25)/t16-,17+,18+/m1/s1. The maximum Gasteiger partial charge on any atom is 0.328 e. The number of ether oxygens (including phenoxy) is 1. The van der Waals surface area contributed by atoms with Crippen LogP contribution in [0.3, 0.4) is 0 Å². The highest BCUT2D eigenvalue weighted by atomic mass is 16.5. The number of hydrogen-bond donors (Lipinski definition) is 3. The van der Waals surface area contributed by atoms with Crippen molar-refractivity contribution in [3.05, 3.63) is 35.9 Å². The van der Waals surface area contributed by atoms with Gasteiger partial charge in [-0.15, -0.1) is 0 Å². The number of carbonyl (C=O) groups is 2. The van der Waals surface area contributed by atoms with Crippen LogP contribution >= 0.6 is 0 Å². The first-order chi connectivity index (χ1) is 12.7. The summed E-state index contributed by atoms with van der Waals surface area (Å²) < 4.78 is 5.24. The van der Waals surface area contributed by atoms with Gasteiger partial charge in [-0.1, -0.05) is 44.2 Å². The second-order valence-corrected chi connectivity index (χ2v) is 7.46. The number of nitrogens with two attached hydrogens (primary N) is 1. The molecule has 0 unspecified atom stereocenters. The van der Waals surface area contributed by atoms with Crippen LogP contribution in [0.15, 0.2) is 30.3 Å². The molecule has 0 heterocycles. The number of amides is 1. The minimum Gasteiger partial charge on any atom is -0.463 e. The van der Waals surface area contributed by atoms with Gasteiger partial charge in [-0.05, 0) is 38.4 Å². The van der Waals surface area contributed by atoms with E-state index in [4.69, 9.17) is 10.5 Å². The Bertz CT molecular complexity index is 578. The van der Waals surface area contributed by atoms with Crippen molar-refractivity contribution in [2.24, 2.45) is 11.7 Å². The summed E-state index contributed by atoms with van der Waals surface area (Å²) >= 11 is 0. The van der Waals surface area contributed by atoms with Crippen molar-refractivity contribution in [2.45, 2.75) is 44.9 Å². The molecule has 0 spiro atoms. The van der Waals surface area contributed by atoms with Gasteiger partial charge in [0.05, 0.1) is 0 Å². The second-order valence-electron chi connectivity index (χ2n) is 7.46. The Hall–Kier alpha value is -1.96. The summed E-state index contributed by atoms with van der Waals surface area (Å²) in [5.41, 5.74) is 6.91. The molecule has 0 radical (unpaired) electrons. The Morgan fingerprint density at radius 2 is 1.85 bits per heavy atom. The molecular formula is C20H33N3O4. The molecule has 0 fully saturated rings. The van der Waals surface area contributed by atoms with E-state index in [1.807, 2.05) is 63.2 Å². The summed E-state index contributed by atoms with van der Waals surface area (Å²) in [4.78, 5) is 26.6. The van der Waals surface area contributed by atoms with Gasteiger partial charge in [0.15, 0.2) is 0 Å². The highest BCUT2D eigenvalue weighted by Crippen LogP contribution is 2.09. The monoisotopic (exact) mass is 379 g/mol. The fraction of sp³-hybridized carbons (Fsp3) is 0.600. The number of nitrogens with zero attached hydrogens (tertiary/aromatic N) is 1. The van der Waals surface area contributed by atoms with Crippen LogP contribution in [0.2, 0.25) is 0 Å². The summed E-state index contributed by atoms with van der Waals surface area (Å²) in [5.74, 6) is -0.983. The molecule has 7 nitrogen and oxygen atoms in total. The predicted molar refractivity (Wildman–Crippen MR) is 105 cm³/mol. The van der Waals surface area contributed by atoms with Crippen molar-refractivity contribution in [1.82, 2.24) is 10.2 Å². The third-order valence-electron chi connectivity index (χ3n) is 4.08. The first-order valence-corrected chi connectivity index (χ1v) is 9.30. The third kappa shape index (κ3) is 8.99. The van der Waals surface area contributed by atoms with Crippen LogP contribution in [-0.4, -0.2) is 67.3 Å². The van der Waals surface area contributed by atoms with E-state index in [9.17, 15) is 14.7 Å². The largest absolute Gasteiger partial charge is 0.463 e. The SMILES string of the molecule is CC(C)C[C@H](NC(=O)[C@@H](O)[C@H](N)Cc1ccccc1)C(=O)OCCN(C)C. The van der Waals surface area contributed by atoms with Gasteiger partial charge < -0.3 is 25.8 Å². The Balaban J connectivity index is 2.63. The highest BCUT2D eigenvalue weighted by Gasteiger charge is 2.29. The maximum absolute atomic E-state index is 12.4. The van der Waals surface area contributed by atoms with Crippen molar-refractivity contribution in [1.29, 1.82) is 0 Å². The third-order valence-corrected chi connectivity index (χ3v) is 4.08. The number of aliphatic hydroxyl groups is 1. The van der Waals surface area contributed by atoms with Crippen LogP contribution in [0, 0.1) is 5.92 Å². The molecule has 0 saturated heterocycles. The first-order valence-electron chi connectivity index (χ1n) is 9.30. The molecule has 0 aliphatic rings. The van der Waals surface area contributed by atoms with Crippen LogP contribution in [-0.2, 0) is 20.7 Å². The molecule has 1 aromatic rings. The van der Waals surface area contributed by atoms with Gasteiger partial charge >= 0.3 is 5.97 Å². The Labute approximate surface area is 161 Å². The summed E-state index contributed by atoms with van der Waals surface area (Å²) in [6.07, 6.45) is -0.625. The fourth-order valence-electron chi connectivity index (χ4n) is 2.56. The van der Waals surface area contributed by atoms with E-state index < -0.39 is 30.1 Å². The molecule has 4 N–H and O–H groups in total. The Morgan fingerprint density at radius 3 is 2.41 bits per heavy atom. The number of esters is 1. The summed E-state index contributed by atoms with van der Waals surface area (Å²) in [5, 5.41) is 12.9. The highest BCUT2D eigenvalue weighted by molar-refractivity contribution is 5.87. The molecular weight excluding hydrogens is 346 g/mol. The number of benzene rings is 1. The molecule has 152 valence electrons. The maximum atomic E-state index is 12.4. The number of likely N-dealkylation sites (N-methyl/N-ethyl adjacent to an activating group) is 1. The normalized spacial score (nSPS) is 14.7. The van der Waals surface area contributed by atoms with Gasteiger partial charge in [-0.25, -0.2) is 4.79 Å². The number of aliphatic hydroxyl groups excluding tert-OH is 1. The van der Waals surface area contributed by atoms with Crippen LogP contribution < -0.4 is 11.1 Å². The first kappa shape index (κ1) is 23.1. The van der Waals surface area contributed by atoms with Crippen molar-refractivity contribution < 1.29 is 19.4 Å². The molecule has 1 rings (SSSR count). The minimum atomic E-state index is -1.41. The van der Waals surface area contributed by atoms with E-state index in [1.54, 1.807) is 0 Å². The number of carbonyl (C=O) groups excluding carboxylic acids is 2. The number of rotatable bonds is 11. The lowest BCUT2D eigenvalue weighted by molar-refractivity contribution is -0.149. The smallest absolute Gasteiger partial charge is 0.328 e. The number of nitrogens with one attached hydrogen (secondary N) is 1. The molecule has 0 aliphatic carbocycles. The summed E-state index contributed by atoms with van der Waals surface area (Å²) in [7, 11) is 3.76. The van der Waals surface area contributed by atoms with Crippen molar-refractivity contribution >= 4 is 11.9 Å². The zero-order chi connectivity index (χ0) is 20.4. The molecule has 0 saturated carbocycles. The molecule has 0 aromatic heterocycles.